The van der Waals surface area contributed by atoms with Crippen LogP contribution in [-0.2, 0) is 11.3 Å². The number of hydrogen-bond acceptors (Lipinski definition) is 6. The average Bonchev–Trinajstić information content (AvgIpc) is 2.86. The SMILES string of the molecule is O=C1S/C(=C\c2ccc(O)c(Cl)c2)C(=O)N1Cc1ccccc1[N+](=O)[O-]. The second-order valence-corrected chi connectivity index (χ2v) is 6.76. The molecule has 1 heterocycles. The second-order valence-electron chi connectivity index (χ2n) is 5.36. The van der Waals surface area contributed by atoms with Gasteiger partial charge in [-0.05, 0) is 35.5 Å². The number of hydrogen-bond donors (Lipinski definition) is 1. The van der Waals surface area contributed by atoms with E-state index in [0.29, 0.717) is 5.56 Å². The third kappa shape index (κ3) is 3.56. The van der Waals surface area contributed by atoms with Gasteiger partial charge in [-0.15, -0.1) is 0 Å². The van der Waals surface area contributed by atoms with Crippen molar-refractivity contribution < 1.29 is 19.6 Å². The van der Waals surface area contributed by atoms with Gasteiger partial charge in [-0.25, -0.2) is 0 Å². The van der Waals surface area contributed by atoms with Crippen LogP contribution in [0.5, 0.6) is 5.75 Å². The number of nitrogens with zero attached hydrogens (tertiary/aromatic N) is 2. The Morgan fingerprint density at radius 3 is 2.65 bits per heavy atom. The van der Waals surface area contributed by atoms with Gasteiger partial charge >= 0.3 is 0 Å². The van der Waals surface area contributed by atoms with Gasteiger partial charge in [-0.3, -0.25) is 24.6 Å². The Morgan fingerprint density at radius 2 is 1.96 bits per heavy atom. The van der Waals surface area contributed by atoms with Crippen molar-refractivity contribution in [2.24, 2.45) is 0 Å². The number of benzene rings is 2. The standard InChI is InChI=1S/C17H11ClN2O5S/c18-12-7-10(5-6-14(12)21)8-15-16(22)19(17(23)26-15)9-11-3-1-2-4-13(11)20(24)25/h1-8,21H,9H2/b15-8-. The first-order valence-electron chi connectivity index (χ1n) is 7.33. The molecule has 7 nitrogen and oxygen atoms in total. The molecule has 2 amide bonds. The molecule has 3 rings (SSSR count). The lowest BCUT2D eigenvalue weighted by Gasteiger charge is -2.12. The molecule has 2 aromatic rings. The third-order valence-electron chi connectivity index (χ3n) is 3.66. The Kier molecular flexibility index (Phi) is 4.97. The molecular formula is C17H11ClN2O5S. The lowest BCUT2D eigenvalue weighted by atomic mass is 10.1. The Morgan fingerprint density at radius 1 is 1.23 bits per heavy atom. The number of rotatable bonds is 4. The van der Waals surface area contributed by atoms with Crippen LogP contribution < -0.4 is 0 Å². The molecule has 0 bridgehead atoms. The minimum atomic E-state index is -0.553. The molecule has 0 saturated carbocycles. The summed E-state index contributed by atoms with van der Waals surface area (Å²) < 4.78 is 0. The lowest BCUT2D eigenvalue weighted by Crippen LogP contribution is -2.27. The molecule has 1 fully saturated rings. The van der Waals surface area contributed by atoms with Gasteiger partial charge in [0.2, 0.25) is 0 Å². The number of para-hydroxylation sites is 1. The van der Waals surface area contributed by atoms with E-state index in [1.165, 1.54) is 36.4 Å². The van der Waals surface area contributed by atoms with E-state index in [-0.39, 0.29) is 33.5 Å². The van der Waals surface area contributed by atoms with E-state index in [1.54, 1.807) is 12.1 Å². The van der Waals surface area contributed by atoms with E-state index < -0.39 is 16.1 Å². The van der Waals surface area contributed by atoms with Gasteiger partial charge in [-0.2, -0.15) is 0 Å². The molecule has 0 aliphatic carbocycles. The zero-order valence-electron chi connectivity index (χ0n) is 13.1. The Bertz CT molecular complexity index is 960. The van der Waals surface area contributed by atoms with Crippen molar-refractivity contribution in [2.45, 2.75) is 6.54 Å². The summed E-state index contributed by atoms with van der Waals surface area (Å²) in [6, 6.07) is 10.4. The van der Waals surface area contributed by atoms with Crippen LogP contribution in [0.15, 0.2) is 47.4 Å². The van der Waals surface area contributed by atoms with Crippen molar-refractivity contribution >= 4 is 46.3 Å². The van der Waals surface area contributed by atoms with Crippen molar-refractivity contribution in [3.8, 4) is 5.75 Å². The van der Waals surface area contributed by atoms with Crippen molar-refractivity contribution in [3.05, 3.63) is 73.6 Å². The van der Waals surface area contributed by atoms with Crippen LogP contribution in [0, 0.1) is 10.1 Å². The highest BCUT2D eigenvalue weighted by Gasteiger charge is 2.36. The van der Waals surface area contributed by atoms with Gasteiger partial charge in [0.15, 0.2) is 0 Å². The van der Waals surface area contributed by atoms with Gasteiger partial charge in [-0.1, -0.05) is 35.9 Å². The molecule has 0 aromatic heterocycles. The predicted molar refractivity (Wildman–Crippen MR) is 97.7 cm³/mol. The van der Waals surface area contributed by atoms with Crippen LogP contribution in [0.4, 0.5) is 10.5 Å². The molecule has 1 aliphatic rings. The Hall–Kier alpha value is -2.84. The number of carbonyl (C=O) groups excluding carboxylic acids is 2. The molecule has 132 valence electrons. The maximum atomic E-state index is 12.5. The zero-order valence-corrected chi connectivity index (χ0v) is 14.7. The molecule has 1 saturated heterocycles. The van der Waals surface area contributed by atoms with Gasteiger partial charge in [0, 0.05) is 11.6 Å². The Labute approximate surface area is 157 Å². The molecule has 0 atom stereocenters. The summed E-state index contributed by atoms with van der Waals surface area (Å²) in [7, 11) is 0. The van der Waals surface area contributed by atoms with Gasteiger partial charge in [0.1, 0.15) is 5.75 Å². The number of imide groups is 1. The minimum absolute atomic E-state index is 0.0895. The fraction of sp³-hybridized carbons (Fsp3) is 0.0588. The van der Waals surface area contributed by atoms with Crippen molar-refractivity contribution in [2.75, 3.05) is 0 Å². The van der Waals surface area contributed by atoms with Crippen molar-refractivity contribution in [3.63, 3.8) is 0 Å². The monoisotopic (exact) mass is 390 g/mol. The van der Waals surface area contributed by atoms with Crippen molar-refractivity contribution in [1.29, 1.82) is 0 Å². The van der Waals surface area contributed by atoms with Crippen LogP contribution in [0.3, 0.4) is 0 Å². The highest BCUT2D eigenvalue weighted by Crippen LogP contribution is 2.35. The quantitative estimate of drug-likeness (QED) is 0.477. The molecule has 0 unspecified atom stereocenters. The minimum Gasteiger partial charge on any atom is -0.506 e. The fourth-order valence-corrected chi connectivity index (χ4v) is 3.42. The van der Waals surface area contributed by atoms with E-state index in [1.807, 2.05) is 0 Å². The summed E-state index contributed by atoms with van der Waals surface area (Å²) in [6.45, 7) is -0.185. The summed E-state index contributed by atoms with van der Waals surface area (Å²) in [5, 5.41) is 20.1. The average molecular weight is 391 g/mol. The summed E-state index contributed by atoms with van der Waals surface area (Å²) >= 11 is 6.58. The summed E-state index contributed by atoms with van der Waals surface area (Å²) in [5.74, 6) is -0.629. The number of thioether (sulfide) groups is 1. The number of amides is 2. The highest BCUT2D eigenvalue weighted by atomic mass is 35.5. The zero-order chi connectivity index (χ0) is 18.8. The maximum absolute atomic E-state index is 12.5. The van der Waals surface area contributed by atoms with Crippen LogP contribution in [0.1, 0.15) is 11.1 Å². The molecule has 0 radical (unpaired) electrons. The molecule has 26 heavy (non-hydrogen) atoms. The van der Waals surface area contributed by atoms with Crippen LogP contribution in [-0.4, -0.2) is 26.1 Å². The van der Waals surface area contributed by atoms with E-state index in [9.17, 15) is 24.8 Å². The second kappa shape index (κ2) is 7.19. The smallest absolute Gasteiger partial charge is 0.293 e. The van der Waals surface area contributed by atoms with Gasteiger partial charge < -0.3 is 5.11 Å². The number of nitro benzene ring substituents is 1. The molecule has 1 aliphatic heterocycles. The number of phenols is 1. The molecule has 2 aromatic carbocycles. The number of halogens is 1. The summed E-state index contributed by atoms with van der Waals surface area (Å²) in [5.41, 5.74) is 0.665. The van der Waals surface area contributed by atoms with Crippen LogP contribution in [0.25, 0.3) is 6.08 Å². The van der Waals surface area contributed by atoms with E-state index in [0.717, 1.165) is 16.7 Å². The first-order chi connectivity index (χ1) is 12.4. The van der Waals surface area contributed by atoms with Gasteiger partial charge in [0.05, 0.1) is 21.4 Å². The largest absolute Gasteiger partial charge is 0.506 e. The van der Waals surface area contributed by atoms with Crippen molar-refractivity contribution in [1.82, 2.24) is 4.90 Å². The fourth-order valence-electron chi connectivity index (χ4n) is 2.39. The molecular weight excluding hydrogens is 380 g/mol. The van der Waals surface area contributed by atoms with E-state index in [2.05, 4.69) is 0 Å². The van der Waals surface area contributed by atoms with E-state index >= 15 is 0 Å². The van der Waals surface area contributed by atoms with Gasteiger partial charge in [0.25, 0.3) is 16.8 Å². The maximum Gasteiger partial charge on any atom is 0.293 e. The summed E-state index contributed by atoms with van der Waals surface area (Å²) in [6.07, 6.45) is 1.48. The number of nitro groups is 1. The molecule has 1 N–H and O–H groups in total. The lowest BCUT2D eigenvalue weighted by molar-refractivity contribution is -0.385. The van der Waals surface area contributed by atoms with Crippen LogP contribution in [0.2, 0.25) is 5.02 Å². The molecule has 9 heteroatoms. The third-order valence-corrected chi connectivity index (χ3v) is 4.87. The van der Waals surface area contributed by atoms with E-state index in [4.69, 9.17) is 11.6 Å². The number of carbonyl (C=O) groups is 2. The molecule has 0 spiro atoms. The summed E-state index contributed by atoms with van der Waals surface area (Å²) in [4.78, 5) is 36.4. The first kappa shape index (κ1) is 18.0. The number of aromatic hydroxyl groups is 1. The first-order valence-corrected chi connectivity index (χ1v) is 8.52. The number of phenolic OH excluding ortho intramolecular Hbond substituents is 1. The predicted octanol–water partition coefficient (Wildman–Crippen LogP) is 4.19. The topological polar surface area (TPSA) is 101 Å². The normalized spacial score (nSPS) is 15.7. The van der Waals surface area contributed by atoms with Crippen LogP contribution >= 0.6 is 23.4 Å². The highest BCUT2D eigenvalue weighted by molar-refractivity contribution is 8.18. The Balaban J connectivity index is 1.87.